The second-order valence-corrected chi connectivity index (χ2v) is 7.54. The highest BCUT2D eigenvalue weighted by Crippen LogP contribution is 2.27. The van der Waals surface area contributed by atoms with E-state index < -0.39 is 6.04 Å². The largest absolute Gasteiger partial charge is 0.484 e. The molecule has 1 unspecified atom stereocenters. The first-order chi connectivity index (χ1) is 14.5. The van der Waals surface area contributed by atoms with E-state index in [1.165, 1.54) is 0 Å². The minimum Gasteiger partial charge on any atom is -0.484 e. The van der Waals surface area contributed by atoms with Gasteiger partial charge in [-0.3, -0.25) is 9.59 Å². The number of hydrogen-bond acceptors (Lipinski definition) is 4. The maximum Gasteiger partial charge on any atom is 0.258 e. The molecule has 1 atom stereocenters. The van der Waals surface area contributed by atoms with E-state index in [1.54, 1.807) is 30.5 Å². The number of rotatable bonds is 6. The van der Waals surface area contributed by atoms with E-state index in [1.807, 2.05) is 36.0 Å². The standard InChI is InChI=1S/C22H21ClN4O3/c1-27-11-10-24-22(27)21(14-2-5-16(23)6-3-14)26-20(29)13-30-17-7-8-18-15(12-17)4-9-19(28)25-18/h2-3,5-8,10-12,21H,4,9,13H2,1H3,(H,25,28)(H,26,29). The van der Waals surface area contributed by atoms with Gasteiger partial charge in [-0.1, -0.05) is 23.7 Å². The van der Waals surface area contributed by atoms with E-state index >= 15 is 0 Å². The maximum atomic E-state index is 12.6. The molecule has 0 saturated carbocycles. The van der Waals surface area contributed by atoms with Crippen molar-refractivity contribution in [3.8, 4) is 5.75 Å². The topological polar surface area (TPSA) is 85.2 Å². The molecule has 1 aliphatic rings. The first-order valence-electron chi connectivity index (χ1n) is 9.57. The van der Waals surface area contributed by atoms with Crippen LogP contribution in [0.25, 0.3) is 0 Å². The summed E-state index contributed by atoms with van der Waals surface area (Å²) in [5.41, 5.74) is 2.66. The number of anilines is 1. The fraction of sp³-hybridized carbons (Fsp3) is 0.227. The van der Waals surface area contributed by atoms with Crippen molar-refractivity contribution in [2.24, 2.45) is 7.05 Å². The highest BCUT2D eigenvalue weighted by Gasteiger charge is 2.21. The SMILES string of the molecule is Cn1ccnc1C(NC(=O)COc1ccc2c(c1)CCC(=O)N2)c1ccc(Cl)cc1. The van der Waals surface area contributed by atoms with Crippen LogP contribution in [0.4, 0.5) is 5.69 Å². The lowest BCUT2D eigenvalue weighted by Crippen LogP contribution is -2.34. The Kier molecular flexibility index (Phi) is 5.72. The number of hydrogen-bond donors (Lipinski definition) is 2. The zero-order valence-corrected chi connectivity index (χ0v) is 17.1. The van der Waals surface area contributed by atoms with Crippen LogP contribution in [0.15, 0.2) is 54.9 Å². The molecule has 1 aliphatic heterocycles. The predicted molar refractivity (Wildman–Crippen MR) is 114 cm³/mol. The van der Waals surface area contributed by atoms with Gasteiger partial charge in [0, 0.05) is 36.6 Å². The molecule has 3 aromatic rings. The Hall–Kier alpha value is -3.32. The van der Waals surface area contributed by atoms with Crippen molar-refractivity contribution in [3.05, 3.63) is 76.8 Å². The molecule has 0 saturated heterocycles. The Morgan fingerprint density at radius 1 is 1.27 bits per heavy atom. The lowest BCUT2D eigenvalue weighted by molar-refractivity contribution is -0.123. The van der Waals surface area contributed by atoms with Gasteiger partial charge in [0.25, 0.3) is 5.91 Å². The highest BCUT2D eigenvalue weighted by atomic mass is 35.5. The molecule has 0 aliphatic carbocycles. The van der Waals surface area contributed by atoms with Crippen LogP contribution in [-0.2, 0) is 23.1 Å². The van der Waals surface area contributed by atoms with Crippen molar-refractivity contribution >= 4 is 29.1 Å². The lowest BCUT2D eigenvalue weighted by Gasteiger charge is -2.20. The predicted octanol–water partition coefficient (Wildman–Crippen LogP) is 3.24. The van der Waals surface area contributed by atoms with Gasteiger partial charge in [0.05, 0.1) is 0 Å². The molecule has 2 N–H and O–H groups in total. The third-order valence-corrected chi connectivity index (χ3v) is 5.22. The van der Waals surface area contributed by atoms with Gasteiger partial charge in [0.1, 0.15) is 17.6 Å². The number of aryl methyl sites for hydroxylation is 2. The molecular formula is C22H21ClN4O3. The number of carbonyl (C=O) groups excluding carboxylic acids is 2. The average Bonchev–Trinajstić information content (AvgIpc) is 3.17. The van der Waals surface area contributed by atoms with Crippen LogP contribution in [0.2, 0.25) is 5.02 Å². The zero-order chi connectivity index (χ0) is 21.1. The fourth-order valence-electron chi connectivity index (χ4n) is 3.41. The summed E-state index contributed by atoms with van der Waals surface area (Å²) in [5.74, 6) is 1.03. The fourth-order valence-corrected chi connectivity index (χ4v) is 3.53. The Bertz CT molecular complexity index is 1080. The smallest absolute Gasteiger partial charge is 0.258 e. The molecule has 0 radical (unpaired) electrons. The van der Waals surface area contributed by atoms with Crippen LogP contribution in [0.5, 0.6) is 5.75 Å². The number of ether oxygens (including phenoxy) is 1. The first kappa shape index (κ1) is 20.0. The van der Waals surface area contributed by atoms with Crippen molar-refractivity contribution in [1.29, 1.82) is 0 Å². The summed E-state index contributed by atoms with van der Waals surface area (Å²) in [5, 5.41) is 6.44. The molecule has 8 heteroatoms. The summed E-state index contributed by atoms with van der Waals surface area (Å²) >= 11 is 6.00. The number of aromatic nitrogens is 2. The van der Waals surface area contributed by atoms with Crippen LogP contribution in [-0.4, -0.2) is 28.0 Å². The molecule has 0 bridgehead atoms. The van der Waals surface area contributed by atoms with Crippen molar-refractivity contribution in [2.75, 3.05) is 11.9 Å². The molecule has 30 heavy (non-hydrogen) atoms. The van der Waals surface area contributed by atoms with Gasteiger partial charge in [-0.2, -0.15) is 0 Å². The quantitative estimate of drug-likeness (QED) is 0.636. The second kappa shape index (κ2) is 8.59. The van der Waals surface area contributed by atoms with Crippen LogP contribution in [0, 0.1) is 0 Å². The first-order valence-corrected chi connectivity index (χ1v) is 9.95. The van der Waals surface area contributed by atoms with Crippen LogP contribution >= 0.6 is 11.6 Å². The third-order valence-electron chi connectivity index (χ3n) is 4.97. The van der Waals surface area contributed by atoms with Crippen molar-refractivity contribution < 1.29 is 14.3 Å². The van der Waals surface area contributed by atoms with E-state index in [9.17, 15) is 9.59 Å². The van der Waals surface area contributed by atoms with Crippen LogP contribution in [0.3, 0.4) is 0 Å². The summed E-state index contributed by atoms with van der Waals surface area (Å²) in [7, 11) is 1.87. The number of carbonyl (C=O) groups is 2. The molecule has 7 nitrogen and oxygen atoms in total. The third kappa shape index (κ3) is 4.46. The van der Waals surface area contributed by atoms with E-state index in [2.05, 4.69) is 15.6 Å². The summed E-state index contributed by atoms with van der Waals surface area (Å²) < 4.78 is 7.55. The lowest BCUT2D eigenvalue weighted by atomic mass is 10.0. The van der Waals surface area contributed by atoms with Gasteiger partial charge < -0.3 is 19.9 Å². The number of imidazole rings is 1. The van der Waals surface area contributed by atoms with Crippen LogP contribution < -0.4 is 15.4 Å². The van der Waals surface area contributed by atoms with Gasteiger partial charge in [-0.05, 0) is 47.9 Å². The Morgan fingerprint density at radius 2 is 2.07 bits per heavy atom. The number of nitrogens with zero attached hydrogens (tertiary/aromatic N) is 2. The number of halogens is 1. The Morgan fingerprint density at radius 3 is 2.80 bits per heavy atom. The van der Waals surface area contributed by atoms with Crippen LogP contribution in [0.1, 0.15) is 29.4 Å². The second-order valence-electron chi connectivity index (χ2n) is 7.10. The molecule has 154 valence electrons. The Balaban J connectivity index is 1.45. The van der Waals surface area contributed by atoms with Crippen molar-refractivity contribution in [3.63, 3.8) is 0 Å². The highest BCUT2D eigenvalue weighted by molar-refractivity contribution is 6.30. The van der Waals surface area contributed by atoms with Gasteiger partial charge in [-0.25, -0.2) is 4.98 Å². The summed E-state index contributed by atoms with van der Waals surface area (Å²) in [6, 6.07) is 12.2. The summed E-state index contributed by atoms with van der Waals surface area (Å²) in [6.45, 7) is -0.139. The molecule has 0 spiro atoms. The van der Waals surface area contributed by atoms with E-state index in [4.69, 9.17) is 16.3 Å². The summed E-state index contributed by atoms with van der Waals surface area (Å²) in [6.07, 6.45) is 4.62. The molecule has 1 aromatic heterocycles. The van der Waals surface area contributed by atoms with E-state index in [0.29, 0.717) is 29.4 Å². The molecule has 2 aromatic carbocycles. The van der Waals surface area contributed by atoms with Gasteiger partial charge in [-0.15, -0.1) is 0 Å². The molecule has 2 amide bonds. The van der Waals surface area contributed by atoms with E-state index in [0.717, 1.165) is 16.8 Å². The zero-order valence-electron chi connectivity index (χ0n) is 16.4. The molecular weight excluding hydrogens is 404 g/mol. The number of fused-ring (bicyclic) bond motifs is 1. The minimum absolute atomic E-state index is 0.0121. The normalized spacial score (nSPS) is 13.9. The van der Waals surface area contributed by atoms with Gasteiger partial charge >= 0.3 is 0 Å². The summed E-state index contributed by atoms with van der Waals surface area (Å²) in [4.78, 5) is 28.5. The Labute approximate surface area is 179 Å². The monoisotopic (exact) mass is 424 g/mol. The number of amides is 2. The average molecular weight is 425 g/mol. The minimum atomic E-state index is -0.433. The van der Waals surface area contributed by atoms with Crippen molar-refractivity contribution in [1.82, 2.24) is 14.9 Å². The maximum absolute atomic E-state index is 12.6. The molecule has 0 fully saturated rings. The molecule has 4 rings (SSSR count). The van der Waals surface area contributed by atoms with Gasteiger partial charge in [0.15, 0.2) is 6.61 Å². The van der Waals surface area contributed by atoms with Gasteiger partial charge in [0.2, 0.25) is 5.91 Å². The molecule has 2 heterocycles. The number of nitrogens with one attached hydrogen (secondary N) is 2. The number of benzene rings is 2. The van der Waals surface area contributed by atoms with E-state index in [-0.39, 0.29) is 18.4 Å². The van der Waals surface area contributed by atoms with Crippen molar-refractivity contribution in [2.45, 2.75) is 18.9 Å².